The van der Waals surface area contributed by atoms with Gasteiger partial charge in [-0.1, -0.05) is 29.8 Å². The van der Waals surface area contributed by atoms with Gasteiger partial charge in [-0.3, -0.25) is 9.59 Å². The van der Waals surface area contributed by atoms with Crippen LogP contribution < -0.4 is 15.5 Å². The van der Waals surface area contributed by atoms with Crippen LogP contribution in [0.15, 0.2) is 53.6 Å². The molecule has 0 unspecified atom stereocenters. The highest BCUT2D eigenvalue weighted by atomic mass is 35.5. The number of halogens is 1. The summed E-state index contributed by atoms with van der Waals surface area (Å²) in [5.74, 6) is -0.850. The van der Waals surface area contributed by atoms with Gasteiger partial charge in [-0.2, -0.15) is 5.10 Å². The standard InChI is InChI=1S/C19H20ClN3O3/c1-13(2)22-18(24)19(25)23-21-11-14-7-9-16(10-8-14)26-12-15-5-3-4-6-17(15)20/h3-11,13H,12H2,1-2H3,(H,22,24)(H,23,25). The van der Waals surface area contributed by atoms with Crippen molar-refractivity contribution in [1.82, 2.24) is 10.7 Å². The number of ether oxygens (including phenoxy) is 1. The molecule has 0 fully saturated rings. The SMILES string of the molecule is CC(C)NC(=O)C(=O)NN=Cc1ccc(OCc2ccccc2Cl)cc1. The maximum Gasteiger partial charge on any atom is 0.329 e. The van der Waals surface area contributed by atoms with Crippen molar-refractivity contribution < 1.29 is 14.3 Å². The predicted molar refractivity (Wildman–Crippen MR) is 101 cm³/mol. The highest BCUT2D eigenvalue weighted by Crippen LogP contribution is 2.18. The molecule has 2 aromatic carbocycles. The maximum absolute atomic E-state index is 11.5. The average molecular weight is 374 g/mol. The molecule has 26 heavy (non-hydrogen) atoms. The van der Waals surface area contributed by atoms with Crippen LogP contribution in [-0.4, -0.2) is 24.1 Å². The van der Waals surface area contributed by atoms with Gasteiger partial charge < -0.3 is 10.1 Å². The van der Waals surface area contributed by atoms with Crippen molar-refractivity contribution in [3.05, 3.63) is 64.7 Å². The number of hydrazone groups is 1. The van der Waals surface area contributed by atoms with Crippen LogP contribution in [0.4, 0.5) is 0 Å². The molecule has 0 atom stereocenters. The van der Waals surface area contributed by atoms with E-state index in [1.807, 2.05) is 24.3 Å². The molecule has 0 aliphatic carbocycles. The third-order valence-corrected chi connectivity index (χ3v) is 3.61. The monoisotopic (exact) mass is 373 g/mol. The molecule has 6 nitrogen and oxygen atoms in total. The van der Waals surface area contributed by atoms with Crippen molar-refractivity contribution in [2.45, 2.75) is 26.5 Å². The van der Waals surface area contributed by atoms with Crippen LogP contribution in [-0.2, 0) is 16.2 Å². The Balaban J connectivity index is 1.84. The zero-order chi connectivity index (χ0) is 18.9. The van der Waals surface area contributed by atoms with E-state index in [0.717, 1.165) is 11.1 Å². The minimum atomic E-state index is -0.811. The Morgan fingerprint density at radius 2 is 1.81 bits per heavy atom. The minimum Gasteiger partial charge on any atom is -0.489 e. The van der Waals surface area contributed by atoms with Crippen LogP contribution in [0.2, 0.25) is 5.02 Å². The lowest BCUT2D eigenvalue weighted by Crippen LogP contribution is -2.41. The molecule has 0 saturated carbocycles. The van der Waals surface area contributed by atoms with Gasteiger partial charge in [0.05, 0.1) is 6.21 Å². The lowest BCUT2D eigenvalue weighted by Gasteiger charge is -2.08. The van der Waals surface area contributed by atoms with Gasteiger partial charge in [-0.05, 0) is 49.7 Å². The molecule has 0 aliphatic rings. The van der Waals surface area contributed by atoms with Crippen LogP contribution in [0, 0.1) is 0 Å². The van der Waals surface area contributed by atoms with Gasteiger partial charge in [0.15, 0.2) is 0 Å². The van der Waals surface area contributed by atoms with Crippen molar-refractivity contribution in [1.29, 1.82) is 0 Å². The molecule has 2 amide bonds. The van der Waals surface area contributed by atoms with E-state index in [4.69, 9.17) is 16.3 Å². The maximum atomic E-state index is 11.5. The van der Waals surface area contributed by atoms with E-state index in [-0.39, 0.29) is 6.04 Å². The molecule has 2 N–H and O–H groups in total. The first-order chi connectivity index (χ1) is 12.5. The number of carbonyl (C=O) groups excluding carboxylic acids is 2. The smallest absolute Gasteiger partial charge is 0.329 e. The quantitative estimate of drug-likeness (QED) is 0.464. The molecule has 0 spiro atoms. The van der Waals surface area contributed by atoms with Gasteiger partial charge in [0.25, 0.3) is 0 Å². The summed E-state index contributed by atoms with van der Waals surface area (Å²) < 4.78 is 5.69. The molecule has 7 heteroatoms. The molecule has 0 aliphatic heterocycles. The van der Waals surface area contributed by atoms with Crippen LogP contribution in [0.25, 0.3) is 0 Å². The highest BCUT2D eigenvalue weighted by molar-refractivity contribution is 6.35. The van der Waals surface area contributed by atoms with Crippen LogP contribution >= 0.6 is 11.6 Å². The largest absolute Gasteiger partial charge is 0.489 e. The normalized spacial score (nSPS) is 10.8. The van der Waals surface area contributed by atoms with E-state index in [0.29, 0.717) is 17.4 Å². The number of hydrogen-bond donors (Lipinski definition) is 2. The third kappa shape index (κ3) is 6.22. The lowest BCUT2D eigenvalue weighted by atomic mass is 10.2. The second-order valence-corrected chi connectivity index (χ2v) is 6.18. The molecule has 136 valence electrons. The Labute approximate surface area is 157 Å². The Morgan fingerprint density at radius 1 is 1.12 bits per heavy atom. The second-order valence-electron chi connectivity index (χ2n) is 5.78. The van der Waals surface area contributed by atoms with E-state index < -0.39 is 11.8 Å². The van der Waals surface area contributed by atoms with Crippen LogP contribution in [0.1, 0.15) is 25.0 Å². The van der Waals surface area contributed by atoms with Crippen molar-refractivity contribution >= 4 is 29.6 Å². The summed E-state index contributed by atoms with van der Waals surface area (Å²) in [6, 6.07) is 14.5. The molecule has 2 aromatic rings. The summed E-state index contributed by atoms with van der Waals surface area (Å²) in [5, 5.41) is 6.90. The fraction of sp³-hybridized carbons (Fsp3) is 0.211. The number of amides is 2. The summed E-state index contributed by atoms with van der Waals surface area (Å²) in [5.41, 5.74) is 3.83. The summed E-state index contributed by atoms with van der Waals surface area (Å²) in [4.78, 5) is 22.9. The summed E-state index contributed by atoms with van der Waals surface area (Å²) in [7, 11) is 0. The Bertz CT molecular complexity index is 789. The molecule has 0 heterocycles. The molecule has 0 radical (unpaired) electrons. The van der Waals surface area contributed by atoms with Gasteiger partial charge in [0, 0.05) is 16.6 Å². The first kappa shape index (κ1) is 19.5. The summed E-state index contributed by atoms with van der Waals surface area (Å²) in [6.45, 7) is 3.90. The second kappa shape index (κ2) is 9.58. The summed E-state index contributed by atoms with van der Waals surface area (Å²) in [6.07, 6.45) is 1.44. The highest BCUT2D eigenvalue weighted by Gasteiger charge is 2.12. The summed E-state index contributed by atoms with van der Waals surface area (Å²) >= 11 is 6.09. The third-order valence-electron chi connectivity index (χ3n) is 3.24. The van der Waals surface area contributed by atoms with Crippen molar-refractivity contribution in [3.63, 3.8) is 0 Å². The van der Waals surface area contributed by atoms with Gasteiger partial charge in [-0.15, -0.1) is 0 Å². The van der Waals surface area contributed by atoms with Gasteiger partial charge in [-0.25, -0.2) is 5.43 Å². The van der Waals surface area contributed by atoms with Gasteiger partial charge >= 0.3 is 11.8 Å². The van der Waals surface area contributed by atoms with Crippen molar-refractivity contribution in [2.24, 2.45) is 5.10 Å². The van der Waals surface area contributed by atoms with Gasteiger partial charge in [0.1, 0.15) is 12.4 Å². The van der Waals surface area contributed by atoms with Crippen molar-refractivity contribution in [3.8, 4) is 5.75 Å². The van der Waals surface area contributed by atoms with E-state index in [1.165, 1.54) is 6.21 Å². The molecular formula is C19H20ClN3O3. The first-order valence-corrected chi connectivity index (χ1v) is 8.43. The van der Waals surface area contributed by atoms with Gasteiger partial charge in [0.2, 0.25) is 0 Å². The topological polar surface area (TPSA) is 79.8 Å². The molecule has 2 rings (SSSR count). The van der Waals surface area contributed by atoms with Crippen molar-refractivity contribution in [2.75, 3.05) is 0 Å². The number of nitrogens with one attached hydrogen (secondary N) is 2. The fourth-order valence-electron chi connectivity index (χ4n) is 1.97. The fourth-order valence-corrected chi connectivity index (χ4v) is 2.16. The average Bonchev–Trinajstić information content (AvgIpc) is 2.61. The zero-order valence-electron chi connectivity index (χ0n) is 14.5. The molecule has 0 aromatic heterocycles. The van der Waals surface area contributed by atoms with E-state index in [9.17, 15) is 9.59 Å². The number of benzene rings is 2. The van der Waals surface area contributed by atoms with E-state index in [2.05, 4.69) is 15.8 Å². The van der Waals surface area contributed by atoms with Crippen LogP contribution in [0.3, 0.4) is 0 Å². The minimum absolute atomic E-state index is 0.115. The van der Waals surface area contributed by atoms with Crippen LogP contribution in [0.5, 0.6) is 5.75 Å². The predicted octanol–water partition coefficient (Wildman–Crippen LogP) is 2.89. The van der Waals surface area contributed by atoms with E-state index >= 15 is 0 Å². The number of hydrogen-bond acceptors (Lipinski definition) is 4. The number of carbonyl (C=O) groups is 2. The zero-order valence-corrected chi connectivity index (χ0v) is 15.3. The number of nitrogens with zero attached hydrogens (tertiary/aromatic N) is 1. The molecule has 0 saturated heterocycles. The van der Waals surface area contributed by atoms with E-state index in [1.54, 1.807) is 38.1 Å². The molecular weight excluding hydrogens is 354 g/mol. The number of rotatable bonds is 6. The lowest BCUT2D eigenvalue weighted by molar-refractivity contribution is -0.139. The Morgan fingerprint density at radius 3 is 2.46 bits per heavy atom. The Kier molecular flexibility index (Phi) is 7.17. The Hall–Kier alpha value is -2.86. The first-order valence-electron chi connectivity index (χ1n) is 8.06. The molecule has 0 bridgehead atoms.